The lowest BCUT2D eigenvalue weighted by Crippen LogP contribution is -2.31. The zero-order chi connectivity index (χ0) is 54.2. The summed E-state index contributed by atoms with van der Waals surface area (Å²) in [5.74, 6) is -3.66. The van der Waals surface area contributed by atoms with Crippen molar-refractivity contribution in [2.24, 2.45) is 5.92 Å². The number of hydrogen-bond acceptors (Lipinski definition) is 16. The average Bonchev–Trinajstić information content (AvgIpc) is 3.33. The van der Waals surface area contributed by atoms with Gasteiger partial charge in [-0.05, 0) is 106 Å². The van der Waals surface area contributed by atoms with Crippen LogP contribution in [0.1, 0.15) is 161 Å². The van der Waals surface area contributed by atoms with E-state index in [1.165, 1.54) is 55.6 Å². The van der Waals surface area contributed by atoms with Crippen LogP contribution in [-0.2, 0) is 67.0 Å². The first-order chi connectivity index (χ1) is 34.6. The molecule has 0 spiro atoms. The van der Waals surface area contributed by atoms with Gasteiger partial charge in [-0.3, -0.25) is 9.59 Å². The zero-order valence-electron chi connectivity index (χ0n) is 45.1. The number of sulfone groups is 2. The molecule has 1 amide bonds. The quantitative estimate of drug-likeness (QED) is 0.0418. The van der Waals surface area contributed by atoms with Crippen LogP contribution in [0.2, 0.25) is 0 Å². The maximum atomic E-state index is 13.4. The van der Waals surface area contributed by atoms with Crippen molar-refractivity contribution in [2.45, 2.75) is 190 Å². The molecule has 0 aromatic heterocycles. The van der Waals surface area contributed by atoms with Crippen LogP contribution in [0.15, 0.2) is 82.6 Å². The molecule has 83 heavy (non-hydrogen) atoms. The number of Topliss-reactive ketones (excluding diaryl/α,β-unsaturated/α-hetero) is 1. The van der Waals surface area contributed by atoms with E-state index in [9.17, 15) is 26.4 Å². The van der Waals surface area contributed by atoms with Crippen LogP contribution in [0.25, 0.3) is 0 Å². The summed E-state index contributed by atoms with van der Waals surface area (Å²) in [6, 6.07) is 18.0. The van der Waals surface area contributed by atoms with Crippen LogP contribution >= 0.6 is 0 Å². The van der Waals surface area contributed by atoms with E-state index in [2.05, 4.69) is 5.32 Å². The normalized spacial score (nSPS) is 11.4. The van der Waals surface area contributed by atoms with Crippen molar-refractivity contribution in [3.05, 3.63) is 95.1 Å². The Balaban J connectivity index is -0.000000168. The number of nitrogens with one attached hydrogen (secondary N) is 1. The second kappa shape index (κ2) is 54.9. The van der Waals surface area contributed by atoms with E-state index in [0.29, 0.717) is 98.1 Å². The van der Waals surface area contributed by atoms with E-state index in [1.54, 1.807) is 24.3 Å². The Morgan fingerprint density at radius 2 is 0.639 bits per heavy atom. The molecule has 2 atom stereocenters. The van der Waals surface area contributed by atoms with E-state index < -0.39 is 42.9 Å². The Morgan fingerprint density at radius 3 is 0.916 bits per heavy atom. The summed E-state index contributed by atoms with van der Waals surface area (Å²) in [4.78, 5) is 25.2. The molecule has 0 aliphatic carbocycles. The molecule has 0 heterocycles. The predicted molar refractivity (Wildman–Crippen MR) is 349 cm³/mol. The highest BCUT2D eigenvalue weighted by Crippen LogP contribution is 2.23. The minimum absolute atomic E-state index is 0. The standard InChI is InChI=1S/C28H58O10.C26H27NO6S2.10CH4/c1-23(2)33-13-11-31-21-27(37-17-15-35-25(5)6)19-29-9-10-30-20-28(38-18-16-36-26(7)8)22-32-12-14-34-24(3)4;1-18-4-12-23(13-5-18)34(30,31)16-22(17-35(32,33)24-14-6-19(2)7-15-24)25(28)20-8-10-21(11-9-20)26(29)27-3;;;;;;;;;;/h23-28H,9-22H2,1-8H3;4-15,22H,16-17H2,1-3H3,(H,27,29);10*1H4. The van der Waals surface area contributed by atoms with Gasteiger partial charge in [0.15, 0.2) is 25.5 Å². The Kier molecular flexibility index (Phi) is 65.1. The van der Waals surface area contributed by atoms with Crippen LogP contribution in [-0.4, -0.2) is 176 Å². The van der Waals surface area contributed by atoms with Gasteiger partial charge in [0.1, 0.15) is 12.2 Å². The van der Waals surface area contributed by atoms with Crippen LogP contribution < -0.4 is 5.32 Å². The molecule has 0 aliphatic rings. The van der Waals surface area contributed by atoms with E-state index in [0.717, 1.165) is 11.1 Å². The molecule has 0 radical (unpaired) electrons. The van der Waals surface area contributed by atoms with Gasteiger partial charge in [-0.2, -0.15) is 0 Å². The molecule has 3 rings (SSSR count). The number of benzene rings is 3. The summed E-state index contributed by atoms with van der Waals surface area (Å²) < 4.78 is 110. The number of ketones is 1. The van der Waals surface area contributed by atoms with Gasteiger partial charge in [0, 0.05) is 18.2 Å². The van der Waals surface area contributed by atoms with Gasteiger partial charge in [-0.1, -0.05) is 122 Å². The third-order valence-corrected chi connectivity index (χ3v) is 14.0. The molecule has 17 nitrogen and oxygen atoms in total. The van der Waals surface area contributed by atoms with Crippen LogP contribution in [0.3, 0.4) is 0 Å². The molecule has 3 aromatic carbocycles. The fourth-order valence-electron chi connectivity index (χ4n) is 6.53. The van der Waals surface area contributed by atoms with Crippen LogP contribution in [0.4, 0.5) is 0 Å². The Morgan fingerprint density at radius 1 is 0.386 bits per heavy atom. The van der Waals surface area contributed by atoms with Crippen molar-refractivity contribution in [3.8, 4) is 0 Å². The Bertz CT molecular complexity index is 2050. The number of rotatable bonds is 38. The van der Waals surface area contributed by atoms with Crippen LogP contribution in [0, 0.1) is 19.8 Å². The van der Waals surface area contributed by atoms with E-state index in [4.69, 9.17) is 47.4 Å². The number of carbonyl (C=O) groups excluding carboxylic acids is 2. The molecule has 0 saturated heterocycles. The van der Waals surface area contributed by atoms with Gasteiger partial charge < -0.3 is 52.7 Å². The third kappa shape index (κ3) is 44.4. The largest absolute Gasteiger partial charge is 0.376 e. The molecular formula is C64H125NO16S2. The summed E-state index contributed by atoms with van der Waals surface area (Å²) >= 11 is 0. The predicted octanol–water partition coefficient (Wildman–Crippen LogP) is 13.3. The lowest BCUT2D eigenvalue weighted by Gasteiger charge is -2.20. The minimum Gasteiger partial charge on any atom is -0.376 e. The van der Waals surface area contributed by atoms with Gasteiger partial charge in [-0.25, -0.2) is 16.8 Å². The first-order valence-corrected chi connectivity index (χ1v) is 28.4. The van der Waals surface area contributed by atoms with Gasteiger partial charge >= 0.3 is 0 Å². The minimum atomic E-state index is -3.97. The first kappa shape index (κ1) is 98.4. The lowest BCUT2D eigenvalue weighted by atomic mass is 9.99. The fourth-order valence-corrected chi connectivity index (χ4v) is 9.76. The highest BCUT2D eigenvalue weighted by molar-refractivity contribution is 7.92. The fraction of sp³-hybridized carbons (Fsp3) is 0.688. The molecular weight excluding hydrogens is 1100 g/mol. The molecule has 0 fully saturated rings. The molecule has 19 heteroatoms. The highest BCUT2D eigenvalue weighted by atomic mass is 32.2. The summed E-state index contributed by atoms with van der Waals surface area (Å²) in [6.45, 7) is 26.3. The van der Waals surface area contributed by atoms with Crippen molar-refractivity contribution >= 4 is 31.4 Å². The second-order valence-corrected chi connectivity index (χ2v) is 22.4. The average molecular weight is 1230 g/mol. The van der Waals surface area contributed by atoms with E-state index in [-0.39, 0.29) is 132 Å². The number of carbonyl (C=O) groups is 2. The zero-order valence-corrected chi connectivity index (χ0v) is 46.8. The van der Waals surface area contributed by atoms with Crippen LogP contribution in [0.5, 0.6) is 0 Å². The summed E-state index contributed by atoms with van der Waals surface area (Å²) in [5.41, 5.74) is 2.19. The lowest BCUT2D eigenvalue weighted by molar-refractivity contribution is -0.100. The first-order valence-electron chi connectivity index (χ1n) is 25.1. The molecule has 494 valence electrons. The molecule has 1 N–H and O–H groups in total. The van der Waals surface area contributed by atoms with Gasteiger partial charge in [0.2, 0.25) is 0 Å². The number of amides is 1. The van der Waals surface area contributed by atoms with Crippen molar-refractivity contribution in [1.29, 1.82) is 0 Å². The highest BCUT2D eigenvalue weighted by Gasteiger charge is 2.33. The molecule has 0 saturated carbocycles. The number of aryl methyl sites for hydroxylation is 2. The summed E-state index contributed by atoms with van der Waals surface area (Å²) in [5, 5.41) is 2.48. The Hall–Kier alpha value is -3.70. The molecule has 2 unspecified atom stereocenters. The van der Waals surface area contributed by atoms with Crippen molar-refractivity contribution < 1.29 is 73.8 Å². The third-order valence-electron chi connectivity index (χ3n) is 10.4. The SMILES string of the molecule is C.C.C.C.C.C.C.C.C.C.CC(C)OCCOCC(COCCOCC(COCCOC(C)C)OCCOC(C)C)OCCOC(C)C.CNC(=O)c1ccc(C(=O)C(CS(=O)(=O)c2ccc(C)cc2)CS(=O)(=O)c2ccc(C)cc2)cc1. The van der Waals surface area contributed by atoms with Gasteiger partial charge in [0.05, 0.1) is 144 Å². The monoisotopic (exact) mass is 1230 g/mol. The van der Waals surface area contributed by atoms with Crippen molar-refractivity contribution in [2.75, 3.05) is 111 Å². The van der Waals surface area contributed by atoms with Gasteiger partial charge in [0.25, 0.3) is 5.91 Å². The maximum absolute atomic E-state index is 13.4. The molecule has 0 aliphatic heterocycles. The number of ether oxygens (including phenoxy) is 10. The van der Waals surface area contributed by atoms with E-state index in [1.807, 2.05) is 69.2 Å². The van der Waals surface area contributed by atoms with Crippen molar-refractivity contribution in [3.63, 3.8) is 0 Å². The van der Waals surface area contributed by atoms with E-state index >= 15 is 0 Å². The Labute approximate surface area is 510 Å². The summed E-state index contributed by atoms with van der Waals surface area (Å²) in [6.07, 6.45) is 0.331. The van der Waals surface area contributed by atoms with Crippen molar-refractivity contribution in [1.82, 2.24) is 5.32 Å². The molecule has 0 bridgehead atoms. The smallest absolute Gasteiger partial charge is 0.251 e. The maximum Gasteiger partial charge on any atom is 0.251 e. The number of hydrogen-bond donors (Lipinski definition) is 1. The second-order valence-electron chi connectivity index (χ2n) is 18.4. The topological polar surface area (TPSA) is 207 Å². The van der Waals surface area contributed by atoms with Gasteiger partial charge in [-0.15, -0.1) is 0 Å². The molecule has 3 aromatic rings. The summed E-state index contributed by atoms with van der Waals surface area (Å²) in [7, 11) is -6.46.